The maximum Gasteiger partial charge on any atom is 0.229 e. The summed E-state index contributed by atoms with van der Waals surface area (Å²) in [6.45, 7) is 6.18. The lowest BCUT2D eigenvalue weighted by Crippen LogP contribution is -2.35. The molecule has 2 aromatic carbocycles. The van der Waals surface area contributed by atoms with E-state index in [-0.39, 0.29) is 0 Å². The van der Waals surface area contributed by atoms with Crippen molar-refractivity contribution in [3.63, 3.8) is 0 Å². The molecule has 176 valence electrons. The number of aromatic nitrogens is 2. The molecule has 34 heavy (non-hydrogen) atoms. The van der Waals surface area contributed by atoms with Crippen LogP contribution in [0.2, 0.25) is 0 Å². The average molecular weight is 457 g/mol. The molecule has 2 N–H and O–H groups in total. The first-order valence-electron chi connectivity index (χ1n) is 12.0. The minimum Gasteiger partial charge on any atom is -0.375 e. The maximum atomic E-state index is 9.17. The maximum absolute atomic E-state index is 9.17. The predicted octanol–water partition coefficient (Wildman–Crippen LogP) is 4.43. The lowest BCUT2D eigenvalue weighted by molar-refractivity contribution is 0.121. The third kappa shape index (κ3) is 6.77. The molecular weight excluding hydrogens is 424 g/mol. The Morgan fingerprint density at radius 3 is 2.82 bits per heavy atom. The Hall–Kier alpha value is -3.47. The van der Waals surface area contributed by atoms with Gasteiger partial charge in [-0.25, -0.2) is 4.98 Å². The van der Waals surface area contributed by atoms with Crippen molar-refractivity contribution >= 4 is 17.5 Å². The zero-order valence-corrected chi connectivity index (χ0v) is 19.7. The molecule has 1 aliphatic rings. The van der Waals surface area contributed by atoms with Gasteiger partial charge >= 0.3 is 0 Å². The molecule has 0 spiro atoms. The molecule has 0 radical (unpaired) electrons. The van der Waals surface area contributed by atoms with Crippen molar-refractivity contribution < 1.29 is 4.74 Å². The Kier molecular flexibility index (Phi) is 8.44. The van der Waals surface area contributed by atoms with Crippen LogP contribution in [0.15, 0.2) is 60.7 Å². The number of nitrogens with zero attached hydrogens (tertiary/aromatic N) is 4. The number of ether oxygens (including phenoxy) is 1. The summed E-state index contributed by atoms with van der Waals surface area (Å²) in [6.07, 6.45) is 2.99. The number of nitrogens with one attached hydrogen (secondary N) is 2. The molecule has 3 aromatic rings. The van der Waals surface area contributed by atoms with E-state index >= 15 is 0 Å². The van der Waals surface area contributed by atoms with Crippen LogP contribution >= 0.6 is 0 Å². The van der Waals surface area contributed by atoms with Crippen molar-refractivity contribution in [2.24, 2.45) is 0 Å². The van der Waals surface area contributed by atoms with Crippen LogP contribution in [0.3, 0.4) is 0 Å². The molecule has 0 saturated carbocycles. The van der Waals surface area contributed by atoms with Crippen molar-refractivity contribution in [1.82, 2.24) is 15.3 Å². The summed E-state index contributed by atoms with van der Waals surface area (Å²) in [6, 6.07) is 22.3. The molecular formula is C27H32N6O. The number of benzene rings is 2. The molecule has 0 bridgehead atoms. The number of anilines is 3. The van der Waals surface area contributed by atoms with Gasteiger partial charge in [0.2, 0.25) is 5.95 Å². The van der Waals surface area contributed by atoms with E-state index in [4.69, 9.17) is 20.0 Å². The van der Waals surface area contributed by atoms with Gasteiger partial charge < -0.3 is 20.3 Å². The first kappa shape index (κ1) is 23.7. The summed E-state index contributed by atoms with van der Waals surface area (Å²) in [5.74, 6) is 1.52. The second-order valence-corrected chi connectivity index (χ2v) is 8.53. The SMILES string of the molecule is CCCc1cc(N2CC[C@H](NCCOCc3ccccc3)C2)nc(Nc2cccc(C#N)c2)n1. The van der Waals surface area contributed by atoms with Gasteiger partial charge in [-0.15, -0.1) is 0 Å². The number of hydrogen-bond acceptors (Lipinski definition) is 7. The fourth-order valence-electron chi connectivity index (χ4n) is 4.12. The normalized spacial score (nSPS) is 15.3. The van der Waals surface area contributed by atoms with E-state index in [1.54, 1.807) is 6.07 Å². The lowest BCUT2D eigenvalue weighted by atomic mass is 10.2. The van der Waals surface area contributed by atoms with Gasteiger partial charge in [0.25, 0.3) is 0 Å². The first-order valence-corrected chi connectivity index (χ1v) is 12.0. The molecule has 1 atom stereocenters. The zero-order chi connectivity index (χ0) is 23.6. The van der Waals surface area contributed by atoms with E-state index in [9.17, 15) is 0 Å². The summed E-state index contributed by atoms with van der Waals surface area (Å²) in [7, 11) is 0. The Labute approximate surface area is 201 Å². The molecule has 0 aliphatic carbocycles. The van der Waals surface area contributed by atoms with E-state index < -0.39 is 0 Å². The molecule has 2 heterocycles. The standard InChI is InChI=1S/C27H32N6O/c1-2-7-23-17-26(32-27(30-23)31-24-11-6-10-22(16-24)18-28)33-14-12-25(19-33)29-13-15-34-20-21-8-4-3-5-9-21/h3-6,8-11,16-17,25,29H,2,7,12-15,19-20H2,1H3,(H,30,31,32)/t25-/m0/s1. The molecule has 4 rings (SSSR count). The van der Waals surface area contributed by atoms with Crippen LogP contribution in [0.5, 0.6) is 0 Å². The highest BCUT2D eigenvalue weighted by atomic mass is 16.5. The summed E-state index contributed by atoms with van der Waals surface area (Å²) >= 11 is 0. The third-order valence-electron chi connectivity index (χ3n) is 5.82. The number of nitriles is 1. The topological polar surface area (TPSA) is 86.1 Å². The highest BCUT2D eigenvalue weighted by Gasteiger charge is 2.24. The van der Waals surface area contributed by atoms with Crippen LogP contribution in [0.1, 0.15) is 36.6 Å². The van der Waals surface area contributed by atoms with Gasteiger partial charge in [0, 0.05) is 43.1 Å². The number of rotatable bonds is 11. The quantitative estimate of drug-likeness (QED) is 0.413. The molecule has 7 nitrogen and oxygen atoms in total. The molecule has 1 aliphatic heterocycles. The Balaban J connectivity index is 1.32. The molecule has 1 fully saturated rings. The fraction of sp³-hybridized carbons (Fsp3) is 0.370. The first-order chi connectivity index (χ1) is 16.7. The van der Waals surface area contributed by atoms with Gasteiger partial charge in [0.05, 0.1) is 24.8 Å². The van der Waals surface area contributed by atoms with Gasteiger partial charge in [-0.05, 0) is 36.6 Å². The van der Waals surface area contributed by atoms with Crippen LogP contribution in [-0.2, 0) is 17.8 Å². The number of hydrogen-bond donors (Lipinski definition) is 2. The smallest absolute Gasteiger partial charge is 0.229 e. The van der Waals surface area contributed by atoms with Crippen molar-refractivity contribution in [2.45, 2.75) is 38.8 Å². The van der Waals surface area contributed by atoms with Crippen LogP contribution in [0, 0.1) is 11.3 Å². The predicted molar refractivity (Wildman–Crippen MR) is 135 cm³/mol. The van der Waals surface area contributed by atoms with Crippen molar-refractivity contribution in [2.75, 3.05) is 36.5 Å². The highest BCUT2D eigenvalue weighted by molar-refractivity contribution is 5.58. The summed E-state index contributed by atoms with van der Waals surface area (Å²) in [5.41, 5.74) is 3.65. The Bertz CT molecular complexity index is 1100. The molecule has 7 heteroatoms. The van der Waals surface area contributed by atoms with Gasteiger partial charge in [0.15, 0.2) is 0 Å². The van der Waals surface area contributed by atoms with Crippen molar-refractivity contribution in [3.8, 4) is 6.07 Å². The van der Waals surface area contributed by atoms with Crippen LogP contribution in [-0.4, -0.2) is 42.3 Å². The lowest BCUT2D eigenvalue weighted by Gasteiger charge is -2.20. The van der Waals surface area contributed by atoms with E-state index in [1.165, 1.54) is 5.56 Å². The fourth-order valence-corrected chi connectivity index (χ4v) is 4.12. The Morgan fingerprint density at radius 2 is 2.00 bits per heavy atom. The monoisotopic (exact) mass is 456 g/mol. The summed E-state index contributed by atoms with van der Waals surface area (Å²) < 4.78 is 5.80. The van der Waals surface area contributed by atoms with E-state index in [1.807, 2.05) is 36.4 Å². The second kappa shape index (κ2) is 12.1. The van der Waals surface area contributed by atoms with Gasteiger partial charge in [-0.1, -0.05) is 49.7 Å². The number of aryl methyl sites for hydroxylation is 1. The van der Waals surface area contributed by atoms with Crippen molar-refractivity contribution in [3.05, 3.63) is 77.5 Å². The summed E-state index contributed by atoms with van der Waals surface area (Å²) in [5, 5.41) is 16.1. The largest absolute Gasteiger partial charge is 0.375 e. The van der Waals surface area contributed by atoms with E-state index in [0.29, 0.717) is 30.8 Å². The summed E-state index contributed by atoms with van der Waals surface area (Å²) in [4.78, 5) is 11.8. The van der Waals surface area contributed by atoms with Gasteiger partial charge in [-0.3, -0.25) is 0 Å². The molecule has 1 saturated heterocycles. The molecule has 1 aromatic heterocycles. The van der Waals surface area contributed by atoms with Gasteiger partial charge in [-0.2, -0.15) is 10.2 Å². The molecule has 0 amide bonds. The minimum absolute atomic E-state index is 0.411. The van der Waals surface area contributed by atoms with Crippen LogP contribution in [0.25, 0.3) is 0 Å². The molecule has 0 unspecified atom stereocenters. The minimum atomic E-state index is 0.411. The van der Waals surface area contributed by atoms with Crippen LogP contribution < -0.4 is 15.5 Å². The van der Waals surface area contributed by atoms with Crippen molar-refractivity contribution in [1.29, 1.82) is 5.26 Å². The van der Waals surface area contributed by atoms with Crippen LogP contribution in [0.4, 0.5) is 17.5 Å². The zero-order valence-electron chi connectivity index (χ0n) is 19.7. The third-order valence-corrected chi connectivity index (χ3v) is 5.82. The second-order valence-electron chi connectivity index (χ2n) is 8.53. The highest BCUT2D eigenvalue weighted by Crippen LogP contribution is 2.23. The average Bonchev–Trinajstić information content (AvgIpc) is 3.34. The van der Waals surface area contributed by atoms with E-state index in [0.717, 1.165) is 56.1 Å². The Morgan fingerprint density at radius 1 is 1.12 bits per heavy atom. The van der Waals surface area contributed by atoms with E-state index in [2.05, 4.69) is 46.7 Å². The van der Waals surface area contributed by atoms with Gasteiger partial charge in [0.1, 0.15) is 5.82 Å².